The van der Waals surface area contributed by atoms with E-state index in [-0.39, 0.29) is 5.56 Å². The van der Waals surface area contributed by atoms with Gasteiger partial charge in [-0.25, -0.2) is 0 Å². The van der Waals surface area contributed by atoms with Gasteiger partial charge in [-0.3, -0.25) is 4.79 Å². The Morgan fingerprint density at radius 2 is 2.00 bits per heavy atom. The standard InChI is InChI=1S/C20H15N3O2S2/c1-25-16-9-3-2-6-14(16)7-4-10-17-19(24)23-20(27-17)21-18(22-23)12-11-15-8-5-13-26-15/h2-13H,1H3/b7-4+,12-11+,17-10-. The van der Waals surface area contributed by atoms with E-state index in [1.165, 1.54) is 15.9 Å². The summed E-state index contributed by atoms with van der Waals surface area (Å²) in [6.45, 7) is 0. The molecule has 0 amide bonds. The lowest BCUT2D eigenvalue weighted by Gasteiger charge is -2.02. The van der Waals surface area contributed by atoms with Crippen molar-refractivity contribution in [2.75, 3.05) is 7.11 Å². The second-order valence-corrected chi connectivity index (χ2v) is 7.54. The van der Waals surface area contributed by atoms with Crippen LogP contribution in [-0.2, 0) is 0 Å². The number of aromatic nitrogens is 3. The predicted molar refractivity (Wildman–Crippen MR) is 112 cm³/mol. The number of hydrogen-bond acceptors (Lipinski definition) is 6. The Labute approximate surface area is 163 Å². The zero-order chi connectivity index (χ0) is 18.6. The second kappa shape index (κ2) is 7.69. The highest BCUT2D eigenvalue weighted by Crippen LogP contribution is 2.18. The van der Waals surface area contributed by atoms with Gasteiger partial charge in [0.05, 0.1) is 11.6 Å². The molecule has 3 aromatic heterocycles. The summed E-state index contributed by atoms with van der Waals surface area (Å²) in [6, 6.07) is 11.7. The van der Waals surface area contributed by atoms with Crippen LogP contribution < -0.4 is 14.8 Å². The molecule has 27 heavy (non-hydrogen) atoms. The maximum absolute atomic E-state index is 12.5. The number of methoxy groups -OCH3 is 1. The first-order valence-corrected chi connectivity index (χ1v) is 9.87. The number of thiophene rings is 1. The summed E-state index contributed by atoms with van der Waals surface area (Å²) in [5.74, 6) is 1.32. The molecule has 4 aromatic rings. The van der Waals surface area contributed by atoms with E-state index in [0.717, 1.165) is 16.2 Å². The molecule has 0 saturated carbocycles. The molecule has 0 radical (unpaired) electrons. The number of hydrogen-bond donors (Lipinski definition) is 0. The number of thiazole rings is 1. The molecule has 1 aromatic carbocycles. The fourth-order valence-electron chi connectivity index (χ4n) is 2.52. The van der Waals surface area contributed by atoms with Crippen molar-refractivity contribution in [1.29, 1.82) is 0 Å². The molecule has 0 aliphatic carbocycles. The Kier molecular flexibility index (Phi) is 4.95. The van der Waals surface area contributed by atoms with E-state index in [2.05, 4.69) is 10.1 Å². The van der Waals surface area contributed by atoms with E-state index < -0.39 is 0 Å². The molecule has 0 spiro atoms. The molecule has 0 atom stereocenters. The van der Waals surface area contributed by atoms with E-state index in [1.807, 2.05) is 66.1 Å². The van der Waals surface area contributed by atoms with E-state index in [1.54, 1.807) is 24.5 Å². The smallest absolute Gasteiger partial charge is 0.291 e. The van der Waals surface area contributed by atoms with Crippen molar-refractivity contribution in [1.82, 2.24) is 14.6 Å². The summed E-state index contributed by atoms with van der Waals surface area (Å²) < 4.78 is 7.25. The number of benzene rings is 1. The average Bonchev–Trinajstić information content (AvgIpc) is 3.40. The Balaban J connectivity index is 1.60. The fraction of sp³-hybridized carbons (Fsp3) is 0.0500. The summed E-state index contributed by atoms with van der Waals surface area (Å²) in [4.78, 5) is 18.6. The van der Waals surface area contributed by atoms with Crippen LogP contribution in [0.15, 0.2) is 52.6 Å². The van der Waals surface area contributed by atoms with Crippen molar-refractivity contribution in [3.8, 4) is 5.75 Å². The van der Waals surface area contributed by atoms with Gasteiger partial charge in [0.1, 0.15) is 5.75 Å². The molecule has 0 aliphatic heterocycles. The van der Waals surface area contributed by atoms with Gasteiger partial charge in [0.25, 0.3) is 5.56 Å². The van der Waals surface area contributed by atoms with Crippen molar-refractivity contribution in [3.63, 3.8) is 0 Å². The Morgan fingerprint density at radius 1 is 1.11 bits per heavy atom. The van der Waals surface area contributed by atoms with Gasteiger partial charge >= 0.3 is 0 Å². The first-order chi connectivity index (χ1) is 13.2. The van der Waals surface area contributed by atoms with Crippen molar-refractivity contribution < 1.29 is 4.74 Å². The number of allylic oxidation sites excluding steroid dienone is 1. The van der Waals surface area contributed by atoms with Crippen LogP contribution in [0.5, 0.6) is 5.75 Å². The highest BCUT2D eigenvalue weighted by Gasteiger charge is 2.08. The topological polar surface area (TPSA) is 56.5 Å². The molecular formula is C20H15N3O2S2. The van der Waals surface area contributed by atoms with Gasteiger partial charge in [-0.1, -0.05) is 47.8 Å². The molecule has 0 fully saturated rings. The summed E-state index contributed by atoms with van der Waals surface area (Å²) in [5, 5.41) is 6.29. The van der Waals surface area contributed by atoms with Crippen LogP contribution in [0, 0.1) is 0 Å². The van der Waals surface area contributed by atoms with E-state index in [9.17, 15) is 4.79 Å². The molecule has 0 saturated heterocycles. The van der Waals surface area contributed by atoms with Gasteiger partial charge in [-0.05, 0) is 35.7 Å². The highest BCUT2D eigenvalue weighted by atomic mass is 32.1. The molecule has 0 bridgehead atoms. The van der Waals surface area contributed by atoms with Gasteiger partial charge in [0.15, 0.2) is 5.82 Å². The van der Waals surface area contributed by atoms with Crippen LogP contribution in [0.1, 0.15) is 16.3 Å². The third-order valence-electron chi connectivity index (χ3n) is 3.80. The minimum Gasteiger partial charge on any atom is -0.496 e. The van der Waals surface area contributed by atoms with Gasteiger partial charge in [0.2, 0.25) is 4.96 Å². The third-order valence-corrected chi connectivity index (χ3v) is 5.62. The zero-order valence-corrected chi connectivity index (χ0v) is 16.0. The first-order valence-electron chi connectivity index (χ1n) is 8.17. The van der Waals surface area contributed by atoms with Crippen LogP contribution in [-0.4, -0.2) is 21.7 Å². The number of ether oxygens (including phenoxy) is 1. The molecule has 3 heterocycles. The van der Waals surface area contributed by atoms with Crippen molar-refractivity contribution in [3.05, 3.63) is 79.0 Å². The van der Waals surface area contributed by atoms with Crippen molar-refractivity contribution in [2.45, 2.75) is 0 Å². The van der Waals surface area contributed by atoms with Gasteiger partial charge in [-0.15, -0.1) is 16.4 Å². The highest BCUT2D eigenvalue weighted by molar-refractivity contribution is 7.15. The Hall–Kier alpha value is -3.03. The average molecular weight is 393 g/mol. The predicted octanol–water partition coefficient (Wildman–Crippen LogP) is 3.60. The van der Waals surface area contributed by atoms with Gasteiger partial charge < -0.3 is 4.74 Å². The van der Waals surface area contributed by atoms with E-state index in [0.29, 0.717) is 15.3 Å². The quantitative estimate of drug-likeness (QED) is 0.520. The lowest BCUT2D eigenvalue weighted by atomic mass is 10.2. The number of rotatable bonds is 5. The summed E-state index contributed by atoms with van der Waals surface area (Å²) in [7, 11) is 1.64. The van der Waals surface area contributed by atoms with E-state index >= 15 is 0 Å². The molecule has 0 unspecified atom stereocenters. The monoisotopic (exact) mass is 393 g/mol. The molecule has 0 aliphatic rings. The molecule has 7 heteroatoms. The minimum atomic E-state index is -0.164. The normalized spacial score (nSPS) is 12.7. The maximum atomic E-state index is 12.5. The number of fused-ring (bicyclic) bond motifs is 1. The molecule has 5 nitrogen and oxygen atoms in total. The molecular weight excluding hydrogens is 378 g/mol. The van der Waals surface area contributed by atoms with Gasteiger partial charge in [-0.2, -0.15) is 9.50 Å². The Bertz CT molecular complexity index is 1230. The second-order valence-electron chi connectivity index (χ2n) is 5.55. The van der Waals surface area contributed by atoms with Crippen LogP contribution >= 0.6 is 22.7 Å². The molecule has 134 valence electrons. The van der Waals surface area contributed by atoms with Crippen molar-refractivity contribution in [2.24, 2.45) is 0 Å². The summed E-state index contributed by atoms with van der Waals surface area (Å²) in [5.41, 5.74) is 0.784. The summed E-state index contributed by atoms with van der Waals surface area (Å²) in [6.07, 6.45) is 9.27. The minimum absolute atomic E-state index is 0.164. The summed E-state index contributed by atoms with van der Waals surface area (Å²) >= 11 is 2.96. The van der Waals surface area contributed by atoms with Crippen molar-refractivity contribution >= 4 is 51.9 Å². The Morgan fingerprint density at radius 3 is 2.78 bits per heavy atom. The SMILES string of the molecule is COc1ccccc1/C=C/C=c1\sc2nc(/C=C/c3cccs3)nn2c1=O. The van der Waals surface area contributed by atoms with Gasteiger partial charge in [0, 0.05) is 10.4 Å². The number of para-hydroxylation sites is 1. The molecule has 0 N–H and O–H groups in total. The van der Waals surface area contributed by atoms with Crippen LogP contribution in [0.4, 0.5) is 0 Å². The zero-order valence-electron chi connectivity index (χ0n) is 14.4. The van der Waals surface area contributed by atoms with Crippen LogP contribution in [0.3, 0.4) is 0 Å². The van der Waals surface area contributed by atoms with Crippen LogP contribution in [0.2, 0.25) is 0 Å². The third kappa shape index (κ3) is 3.74. The first kappa shape index (κ1) is 17.4. The number of nitrogens with zero attached hydrogens (tertiary/aromatic N) is 3. The lowest BCUT2D eigenvalue weighted by molar-refractivity contribution is 0.414. The largest absolute Gasteiger partial charge is 0.496 e. The fourth-order valence-corrected chi connectivity index (χ4v) is 4.00. The lowest BCUT2D eigenvalue weighted by Crippen LogP contribution is -2.23. The maximum Gasteiger partial charge on any atom is 0.291 e. The van der Waals surface area contributed by atoms with Crippen LogP contribution in [0.25, 0.3) is 29.3 Å². The van der Waals surface area contributed by atoms with E-state index in [4.69, 9.17) is 4.74 Å². The molecule has 4 rings (SSSR count).